The average molecular weight is 279 g/mol. The van der Waals surface area contributed by atoms with Crippen molar-refractivity contribution < 1.29 is 14.4 Å². The highest BCUT2D eigenvalue weighted by molar-refractivity contribution is 6.41. The SMILES string of the molecule is C[C@H]1C[C@]1(NC(=O)[C@@H]1CCCN1)C(=O)C(=O)NC1CC1. The zero-order valence-corrected chi connectivity index (χ0v) is 11.7. The molecular formula is C14H21N3O3. The minimum Gasteiger partial charge on any atom is -0.347 e. The molecule has 3 atom stereocenters. The third-order valence-corrected chi connectivity index (χ3v) is 4.56. The number of rotatable bonds is 5. The van der Waals surface area contributed by atoms with Crippen LogP contribution in [-0.2, 0) is 14.4 Å². The summed E-state index contributed by atoms with van der Waals surface area (Å²) in [7, 11) is 0. The Balaban J connectivity index is 1.63. The van der Waals surface area contributed by atoms with E-state index in [2.05, 4.69) is 16.0 Å². The van der Waals surface area contributed by atoms with Gasteiger partial charge in [0.05, 0.1) is 6.04 Å². The third-order valence-electron chi connectivity index (χ3n) is 4.56. The largest absolute Gasteiger partial charge is 0.347 e. The molecule has 20 heavy (non-hydrogen) atoms. The van der Waals surface area contributed by atoms with E-state index < -0.39 is 17.2 Å². The Bertz CT molecular complexity index is 455. The van der Waals surface area contributed by atoms with Crippen LogP contribution < -0.4 is 16.0 Å². The molecule has 1 heterocycles. The Labute approximate surface area is 118 Å². The predicted octanol–water partition coefficient (Wildman–Crippen LogP) is -0.519. The van der Waals surface area contributed by atoms with Gasteiger partial charge in [-0.1, -0.05) is 6.92 Å². The van der Waals surface area contributed by atoms with Gasteiger partial charge in [0.1, 0.15) is 5.54 Å². The van der Waals surface area contributed by atoms with Crippen molar-refractivity contribution in [3.63, 3.8) is 0 Å². The lowest BCUT2D eigenvalue weighted by atomic mass is 10.1. The number of hydrogen-bond acceptors (Lipinski definition) is 4. The molecule has 6 nitrogen and oxygen atoms in total. The molecule has 0 aromatic heterocycles. The summed E-state index contributed by atoms with van der Waals surface area (Å²) in [6.45, 7) is 2.72. The fraction of sp³-hybridized carbons (Fsp3) is 0.786. The van der Waals surface area contributed by atoms with Gasteiger partial charge in [-0.05, 0) is 44.6 Å². The van der Waals surface area contributed by atoms with Gasteiger partial charge in [-0.15, -0.1) is 0 Å². The number of nitrogens with one attached hydrogen (secondary N) is 3. The number of carbonyl (C=O) groups excluding carboxylic acids is 3. The van der Waals surface area contributed by atoms with Crippen molar-refractivity contribution in [1.82, 2.24) is 16.0 Å². The first-order valence-corrected chi connectivity index (χ1v) is 7.43. The van der Waals surface area contributed by atoms with Crippen molar-refractivity contribution >= 4 is 17.6 Å². The Morgan fingerprint density at radius 3 is 2.40 bits per heavy atom. The second-order valence-electron chi connectivity index (χ2n) is 6.29. The molecule has 0 spiro atoms. The molecule has 3 aliphatic rings. The highest BCUT2D eigenvalue weighted by Crippen LogP contribution is 2.44. The van der Waals surface area contributed by atoms with Crippen LogP contribution in [0, 0.1) is 5.92 Å². The fourth-order valence-electron chi connectivity index (χ4n) is 2.87. The molecular weight excluding hydrogens is 258 g/mol. The summed E-state index contributed by atoms with van der Waals surface area (Å²) in [5.74, 6) is -1.15. The number of ketones is 1. The molecule has 3 fully saturated rings. The van der Waals surface area contributed by atoms with Crippen LogP contribution in [0.25, 0.3) is 0 Å². The standard InChI is InChI=1S/C14H21N3O3/c1-8-7-14(8,11(18)13(20)16-9-4-5-9)17-12(19)10-3-2-6-15-10/h8-10,15H,2-7H2,1H3,(H,16,20)(H,17,19)/t8-,10-,14+/m0/s1. The van der Waals surface area contributed by atoms with Crippen LogP contribution in [0.1, 0.15) is 39.0 Å². The summed E-state index contributed by atoms with van der Waals surface area (Å²) in [6, 6.07) is -0.0660. The van der Waals surface area contributed by atoms with E-state index in [0.717, 1.165) is 32.2 Å². The average Bonchev–Trinajstić information content (AvgIpc) is 3.27. The number of hydrogen-bond donors (Lipinski definition) is 3. The minimum absolute atomic E-state index is 0.0327. The minimum atomic E-state index is -0.958. The van der Waals surface area contributed by atoms with E-state index >= 15 is 0 Å². The highest BCUT2D eigenvalue weighted by Gasteiger charge is 2.60. The van der Waals surface area contributed by atoms with Crippen LogP contribution >= 0.6 is 0 Å². The maximum atomic E-state index is 12.3. The second kappa shape index (κ2) is 4.84. The van der Waals surface area contributed by atoms with Crippen molar-refractivity contribution in [2.75, 3.05) is 6.54 Å². The van der Waals surface area contributed by atoms with Gasteiger partial charge in [0.25, 0.3) is 5.91 Å². The number of amides is 2. The maximum absolute atomic E-state index is 12.3. The predicted molar refractivity (Wildman–Crippen MR) is 71.9 cm³/mol. The first kappa shape index (κ1) is 13.5. The summed E-state index contributed by atoms with van der Waals surface area (Å²) in [6.07, 6.45) is 4.21. The Morgan fingerprint density at radius 2 is 1.90 bits per heavy atom. The smallest absolute Gasteiger partial charge is 0.290 e. The normalized spacial score (nSPS) is 35.5. The van der Waals surface area contributed by atoms with Gasteiger partial charge in [0.2, 0.25) is 11.7 Å². The van der Waals surface area contributed by atoms with Gasteiger partial charge < -0.3 is 16.0 Å². The summed E-state index contributed by atoms with van der Waals surface area (Å²) >= 11 is 0. The number of Topliss-reactive ketones (excluding diaryl/α,β-unsaturated/α-hetero) is 1. The lowest BCUT2D eigenvalue weighted by Crippen LogP contribution is -2.54. The molecule has 2 saturated carbocycles. The third kappa shape index (κ3) is 2.44. The van der Waals surface area contributed by atoms with Crippen LogP contribution in [0.2, 0.25) is 0 Å². The van der Waals surface area contributed by atoms with Crippen molar-refractivity contribution in [3.8, 4) is 0 Å². The fourth-order valence-corrected chi connectivity index (χ4v) is 2.87. The van der Waals surface area contributed by atoms with E-state index in [1.807, 2.05) is 6.92 Å². The molecule has 3 N–H and O–H groups in total. The molecule has 110 valence electrons. The highest BCUT2D eigenvalue weighted by atomic mass is 16.2. The first-order chi connectivity index (χ1) is 9.53. The molecule has 3 rings (SSSR count). The van der Waals surface area contributed by atoms with E-state index in [-0.39, 0.29) is 23.9 Å². The number of carbonyl (C=O) groups is 3. The van der Waals surface area contributed by atoms with E-state index in [0.29, 0.717) is 6.42 Å². The lowest BCUT2D eigenvalue weighted by molar-refractivity contribution is -0.141. The Hall–Kier alpha value is -1.43. The topological polar surface area (TPSA) is 87.3 Å². The van der Waals surface area contributed by atoms with E-state index in [9.17, 15) is 14.4 Å². The second-order valence-corrected chi connectivity index (χ2v) is 6.29. The molecule has 2 aliphatic carbocycles. The van der Waals surface area contributed by atoms with E-state index in [1.54, 1.807) is 0 Å². The van der Waals surface area contributed by atoms with Crippen LogP contribution in [0.4, 0.5) is 0 Å². The summed E-state index contributed by atoms with van der Waals surface area (Å²) in [5.41, 5.74) is -0.958. The molecule has 0 bridgehead atoms. The zero-order chi connectivity index (χ0) is 14.3. The monoisotopic (exact) mass is 279 g/mol. The molecule has 2 amide bonds. The molecule has 1 saturated heterocycles. The van der Waals surface area contributed by atoms with Gasteiger partial charge >= 0.3 is 0 Å². The molecule has 0 aromatic rings. The van der Waals surface area contributed by atoms with Gasteiger partial charge in [0, 0.05) is 6.04 Å². The van der Waals surface area contributed by atoms with Crippen molar-refractivity contribution in [3.05, 3.63) is 0 Å². The molecule has 6 heteroatoms. The van der Waals surface area contributed by atoms with Gasteiger partial charge in [-0.25, -0.2) is 0 Å². The summed E-state index contributed by atoms with van der Waals surface area (Å²) in [5, 5.41) is 8.64. The van der Waals surface area contributed by atoms with E-state index in [4.69, 9.17) is 0 Å². The summed E-state index contributed by atoms with van der Waals surface area (Å²) in [4.78, 5) is 36.4. The first-order valence-electron chi connectivity index (χ1n) is 7.43. The molecule has 0 aromatic carbocycles. The van der Waals surface area contributed by atoms with Crippen LogP contribution in [0.3, 0.4) is 0 Å². The van der Waals surface area contributed by atoms with Crippen LogP contribution in [0.5, 0.6) is 0 Å². The van der Waals surface area contributed by atoms with Gasteiger partial charge in [-0.2, -0.15) is 0 Å². The van der Waals surface area contributed by atoms with Crippen LogP contribution in [0.15, 0.2) is 0 Å². The van der Waals surface area contributed by atoms with Crippen molar-refractivity contribution in [2.45, 2.75) is 56.7 Å². The van der Waals surface area contributed by atoms with Gasteiger partial charge in [-0.3, -0.25) is 14.4 Å². The lowest BCUT2D eigenvalue weighted by Gasteiger charge is -2.20. The van der Waals surface area contributed by atoms with Crippen molar-refractivity contribution in [2.24, 2.45) is 5.92 Å². The summed E-state index contributed by atoms with van der Waals surface area (Å²) < 4.78 is 0. The maximum Gasteiger partial charge on any atom is 0.290 e. The zero-order valence-electron chi connectivity index (χ0n) is 11.7. The molecule has 0 unspecified atom stereocenters. The van der Waals surface area contributed by atoms with Crippen molar-refractivity contribution in [1.29, 1.82) is 0 Å². The molecule has 1 aliphatic heterocycles. The molecule has 0 radical (unpaired) electrons. The van der Waals surface area contributed by atoms with Crippen LogP contribution in [-0.4, -0.2) is 41.8 Å². The van der Waals surface area contributed by atoms with E-state index in [1.165, 1.54) is 0 Å². The Morgan fingerprint density at radius 1 is 1.20 bits per heavy atom. The quantitative estimate of drug-likeness (QED) is 0.591. The van der Waals surface area contributed by atoms with Gasteiger partial charge in [0.15, 0.2) is 0 Å². The Kier molecular flexibility index (Phi) is 3.28.